The molecular formula is C16H20BrF3N2O4S. The zero-order chi connectivity index (χ0) is 20.2. The molecular weight excluding hydrogens is 453 g/mol. The van der Waals surface area contributed by atoms with Crippen LogP contribution in [0.4, 0.5) is 13.2 Å². The number of carbonyl (C=O) groups excluding carboxylic acids is 1. The minimum Gasteiger partial charge on any atom is -0.379 e. The Bertz CT molecular complexity index is 780. The molecule has 152 valence electrons. The van der Waals surface area contributed by atoms with Gasteiger partial charge in [0.15, 0.2) is 0 Å². The smallest absolute Gasteiger partial charge is 0.379 e. The number of hydrogen-bond acceptors (Lipinski definition) is 4. The van der Waals surface area contributed by atoms with E-state index >= 15 is 0 Å². The van der Waals surface area contributed by atoms with Crippen molar-refractivity contribution in [1.82, 2.24) is 9.21 Å². The van der Waals surface area contributed by atoms with Crippen molar-refractivity contribution in [3.63, 3.8) is 0 Å². The third-order valence-corrected chi connectivity index (χ3v) is 6.99. The van der Waals surface area contributed by atoms with Gasteiger partial charge in [-0.05, 0) is 41.1 Å². The van der Waals surface area contributed by atoms with Crippen molar-refractivity contribution in [1.29, 1.82) is 0 Å². The molecule has 1 amide bonds. The van der Waals surface area contributed by atoms with Gasteiger partial charge in [0.2, 0.25) is 10.0 Å². The quantitative estimate of drug-likeness (QED) is 0.638. The van der Waals surface area contributed by atoms with Gasteiger partial charge in [0.05, 0.1) is 24.5 Å². The molecule has 2 rings (SSSR count). The number of rotatable bonds is 6. The van der Waals surface area contributed by atoms with Gasteiger partial charge >= 0.3 is 6.18 Å². The molecule has 0 aliphatic carbocycles. The summed E-state index contributed by atoms with van der Waals surface area (Å²) in [6.45, 7) is 2.10. The number of alkyl halides is 3. The van der Waals surface area contributed by atoms with Gasteiger partial charge in [0.1, 0.15) is 0 Å². The minimum atomic E-state index is -4.38. The Morgan fingerprint density at radius 3 is 2.48 bits per heavy atom. The molecule has 0 atom stereocenters. The molecule has 0 aromatic heterocycles. The number of benzene rings is 1. The standard InChI is InChI=1S/C16H20BrF3N2O4S/c1-2-21(6-5-16(18,19)20)15(23)12-3-4-13(17)14(11-12)27(24,25)22-7-9-26-10-8-22/h3-4,11H,2,5-10H2,1H3. The lowest BCUT2D eigenvalue weighted by Crippen LogP contribution is -2.40. The number of halogens is 4. The highest BCUT2D eigenvalue weighted by Crippen LogP contribution is 2.28. The van der Waals surface area contributed by atoms with Crippen LogP contribution in [-0.2, 0) is 14.8 Å². The zero-order valence-electron chi connectivity index (χ0n) is 14.6. The Hall–Kier alpha value is -1.17. The van der Waals surface area contributed by atoms with E-state index in [1.54, 1.807) is 6.92 Å². The first-order valence-corrected chi connectivity index (χ1v) is 10.5. The Balaban J connectivity index is 2.28. The highest BCUT2D eigenvalue weighted by Gasteiger charge is 2.31. The second-order valence-electron chi connectivity index (χ2n) is 5.91. The average Bonchev–Trinajstić information content (AvgIpc) is 2.62. The molecule has 1 aliphatic rings. The Morgan fingerprint density at radius 1 is 1.30 bits per heavy atom. The topological polar surface area (TPSA) is 66.9 Å². The van der Waals surface area contributed by atoms with Crippen LogP contribution >= 0.6 is 15.9 Å². The van der Waals surface area contributed by atoms with Crippen molar-refractivity contribution in [3.05, 3.63) is 28.2 Å². The van der Waals surface area contributed by atoms with Gasteiger partial charge in [-0.15, -0.1) is 0 Å². The number of sulfonamides is 1. The number of morpholine rings is 1. The van der Waals surface area contributed by atoms with E-state index in [0.717, 1.165) is 4.90 Å². The molecule has 0 N–H and O–H groups in total. The van der Waals surface area contributed by atoms with E-state index in [1.165, 1.54) is 22.5 Å². The number of amides is 1. The van der Waals surface area contributed by atoms with Crippen molar-refractivity contribution >= 4 is 31.9 Å². The SMILES string of the molecule is CCN(CCC(F)(F)F)C(=O)c1ccc(Br)c(S(=O)(=O)N2CCOCC2)c1. The summed E-state index contributed by atoms with van der Waals surface area (Å²) in [6, 6.07) is 4.01. The summed E-state index contributed by atoms with van der Waals surface area (Å²) in [7, 11) is -3.86. The van der Waals surface area contributed by atoms with Crippen molar-refractivity contribution in [2.75, 3.05) is 39.4 Å². The first kappa shape index (κ1) is 22.1. The van der Waals surface area contributed by atoms with Gasteiger partial charge in [0.25, 0.3) is 5.91 Å². The summed E-state index contributed by atoms with van der Waals surface area (Å²) >= 11 is 3.18. The number of ether oxygens (including phenoxy) is 1. The molecule has 0 radical (unpaired) electrons. The van der Waals surface area contributed by atoms with Gasteiger partial charge in [-0.25, -0.2) is 8.42 Å². The maximum Gasteiger partial charge on any atom is 0.390 e. The van der Waals surface area contributed by atoms with Crippen molar-refractivity contribution < 1.29 is 31.1 Å². The molecule has 1 heterocycles. The van der Waals surface area contributed by atoms with Crippen LogP contribution in [0.2, 0.25) is 0 Å². The summed E-state index contributed by atoms with van der Waals surface area (Å²) in [4.78, 5) is 13.5. The average molecular weight is 473 g/mol. The normalized spacial score (nSPS) is 16.3. The fourth-order valence-electron chi connectivity index (χ4n) is 2.61. The van der Waals surface area contributed by atoms with E-state index in [4.69, 9.17) is 4.74 Å². The molecule has 1 aromatic rings. The van der Waals surface area contributed by atoms with Gasteiger partial charge in [-0.3, -0.25) is 4.79 Å². The maximum absolute atomic E-state index is 12.8. The lowest BCUT2D eigenvalue weighted by atomic mass is 10.2. The molecule has 1 aromatic carbocycles. The molecule has 0 bridgehead atoms. The summed E-state index contributed by atoms with van der Waals surface area (Å²) in [5, 5.41) is 0. The van der Waals surface area contributed by atoms with Crippen molar-refractivity contribution in [3.8, 4) is 0 Å². The van der Waals surface area contributed by atoms with Crippen LogP contribution in [0.1, 0.15) is 23.7 Å². The van der Waals surface area contributed by atoms with E-state index in [1.807, 2.05) is 0 Å². The maximum atomic E-state index is 12.8. The number of hydrogen-bond donors (Lipinski definition) is 0. The van der Waals surface area contributed by atoms with Crippen molar-refractivity contribution in [2.45, 2.75) is 24.4 Å². The molecule has 1 saturated heterocycles. The summed E-state index contributed by atoms with van der Waals surface area (Å²) in [5.41, 5.74) is 0.0223. The largest absolute Gasteiger partial charge is 0.390 e. The second kappa shape index (κ2) is 8.89. The van der Waals surface area contributed by atoms with E-state index in [0.29, 0.717) is 0 Å². The van der Waals surface area contributed by atoms with Crippen LogP contribution in [0.15, 0.2) is 27.6 Å². The van der Waals surface area contributed by atoms with Gasteiger partial charge < -0.3 is 9.64 Å². The molecule has 0 unspecified atom stereocenters. The minimum absolute atomic E-state index is 0.0223. The lowest BCUT2D eigenvalue weighted by molar-refractivity contribution is -0.136. The number of carbonyl (C=O) groups is 1. The highest BCUT2D eigenvalue weighted by molar-refractivity contribution is 9.10. The number of nitrogens with zero attached hydrogens (tertiary/aromatic N) is 2. The van der Waals surface area contributed by atoms with E-state index in [9.17, 15) is 26.4 Å². The van der Waals surface area contributed by atoms with Crippen LogP contribution in [0.5, 0.6) is 0 Å². The summed E-state index contributed by atoms with van der Waals surface area (Å²) in [6.07, 6.45) is -5.50. The van der Waals surface area contributed by atoms with E-state index in [2.05, 4.69) is 15.9 Å². The first-order valence-electron chi connectivity index (χ1n) is 8.29. The van der Waals surface area contributed by atoms with Crippen LogP contribution in [0, 0.1) is 0 Å². The van der Waals surface area contributed by atoms with Crippen LogP contribution < -0.4 is 0 Å². The molecule has 0 saturated carbocycles. The molecule has 1 fully saturated rings. The van der Waals surface area contributed by atoms with Gasteiger partial charge in [0, 0.05) is 36.2 Å². The zero-order valence-corrected chi connectivity index (χ0v) is 17.0. The molecule has 6 nitrogen and oxygen atoms in total. The fraction of sp³-hybridized carbons (Fsp3) is 0.562. The fourth-order valence-corrected chi connectivity index (χ4v) is 4.97. The third-order valence-electron chi connectivity index (χ3n) is 4.10. The Morgan fingerprint density at radius 2 is 1.93 bits per heavy atom. The van der Waals surface area contributed by atoms with Gasteiger partial charge in [-0.2, -0.15) is 17.5 Å². The Kier molecular flexibility index (Phi) is 7.28. The highest BCUT2D eigenvalue weighted by atomic mass is 79.9. The van der Waals surface area contributed by atoms with Crippen LogP contribution in [-0.4, -0.2) is 69.1 Å². The monoisotopic (exact) mass is 472 g/mol. The predicted molar refractivity (Wildman–Crippen MR) is 96.0 cm³/mol. The van der Waals surface area contributed by atoms with Crippen molar-refractivity contribution in [2.24, 2.45) is 0 Å². The van der Waals surface area contributed by atoms with Crippen LogP contribution in [0.25, 0.3) is 0 Å². The lowest BCUT2D eigenvalue weighted by Gasteiger charge is -2.27. The molecule has 1 aliphatic heterocycles. The van der Waals surface area contributed by atoms with E-state index < -0.39 is 35.1 Å². The second-order valence-corrected chi connectivity index (χ2v) is 8.67. The predicted octanol–water partition coefficient (Wildman–Crippen LogP) is 2.88. The molecule has 0 spiro atoms. The van der Waals surface area contributed by atoms with Gasteiger partial charge in [-0.1, -0.05) is 0 Å². The first-order chi connectivity index (χ1) is 12.6. The van der Waals surface area contributed by atoms with Crippen LogP contribution in [0.3, 0.4) is 0 Å². The Labute approximate surface area is 164 Å². The summed E-state index contributed by atoms with van der Waals surface area (Å²) in [5.74, 6) is -0.646. The molecule has 11 heteroatoms. The molecule has 27 heavy (non-hydrogen) atoms. The van der Waals surface area contributed by atoms with E-state index in [-0.39, 0.29) is 47.8 Å². The summed E-state index contributed by atoms with van der Waals surface area (Å²) < 4.78 is 69.8. The third kappa shape index (κ3) is 5.66.